The summed E-state index contributed by atoms with van der Waals surface area (Å²) in [4.78, 5) is 2.42. The zero-order valence-electron chi connectivity index (χ0n) is 30.5. The molecule has 55 heavy (non-hydrogen) atoms. The molecular weight excluding hydrogens is 663 g/mol. The summed E-state index contributed by atoms with van der Waals surface area (Å²) >= 11 is 0. The van der Waals surface area contributed by atoms with Gasteiger partial charge in [-0.15, -0.1) is 0 Å². The van der Waals surface area contributed by atoms with Crippen molar-refractivity contribution in [1.82, 2.24) is 0 Å². The molecule has 0 fully saturated rings. The monoisotopic (exact) mass is 701 g/mol. The standard InChI is InChI=1S/C54H39N/c1-6-18-40(19-7-1)46-34-47(41-20-8-2-9-21-41)37-51(36-46)55(50-32-30-45(31-33-50)54-29-17-16-28-53(54)44-26-14-5-15-27-44)52-38-48(42-22-10-3-11-23-42)35-49(39-52)43-24-12-4-13-25-43/h1-39H. The Kier molecular flexibility index (Phi) is 9.41. The minimum Gasteiger partial charge on any atom is -0.310 e. The Hall–Kier alpha value is -7.22. The first-order chi connectivity index (χ1) is 27.3. The highest BCUT2D eigenvalue weighted by Gasteiger charge is 2.19. The molecule has 0 N–H and O–H groups in total. The van der Waals surface area contributed by atoms with Gasteiger partial charge in [-0.2, -0.15) is 0 Å². The van der Waals surface area contributed by atoms with Crippen molar-refractivity contribution in [2.75, 3.05) is 4.90 Å². The third-order valence-electron chi connectivity index (χ3n) is 10.2. The number of hydrogen-bond acceptors (Lipinski definition) is 1. The van der Waals surface area contributed by atoms with E-state index < -0.39 is 0 Å². The average molecular weight is 702 g/mol. The molecule has 0 aromatic heterocycles. The van der Waals surface area contributed by atoms with Gasteiger partial charge in [0.15, 0.2) is 0 Å². The van der Waals surface area contributed by atoms with Crippen LogP contribution < -0.4 is 4.90 Å². The van der Waals surface area contributed by atoms with E-state index in [-0.39, 0.29) is 0 Å². The summed E-state index contributed by atoms with van der Waals surface area (Å²) in [6, 6.07) is 85.1. The summed E-state index contributed by atoms with van der Waals surface area (Å²) in [5.41, 5.74) is 17.4. The molecule has 0 saturated carbocycles. The molecule has 260 valence electrons. The van der Waals surface area contributed by atoms with Gasteiger partial charge in [-0.1, -0.05) is 188 Å². The van der Waals surface area contributed by atoms with E-state index in [1.165, 1.54) is 44.5 Å². The molecule has 0 aliphatic rings. The third kappa shape index (κ3) is 7.25. The summed E-state index contributed by atoms with van der Waals surface area (Å²) in [7, 11) is 0. The van der Waals surface area contributed by atoms with Gasteiger partial charge in [0.1, 0.15) is 0 Å². The van der Waals surface area contributed by atoms with Crippen LogP contribution in [0.4, 0.5) is 17.1 Å². The Labute approximate surface area is 324 Å². The van der Waals surface area contributed by atoms with Crippen LogP contribution >= 0.6 is 0 Å². The van der Waals surface area contributed by atoms with Gasteiger partial charge in [0.2, 0.25) is 0 Å². The van der Waals surface area contributed by atoms with E-state index in [4.69, 9.17) is 0 Å². The van der Waals surface area contributed by atoms with Gasteiger partial charge in [-0.05, 0) is 115 Å². The average Bonchev–Trinajstić information content (AvgIpc) is 3.28. The van der Waals surface area contributed by atoms with Crippen LogP contribution in [0, 0.1) is 0 Å². The maximum atomic E-state index is 2.42. The Morgan fingerprint density at radius 2 is 0.455 bits per heavy atom. The Morgan fingerprint density at radius 1 is 0.182 bits per heavy atom. The van der Waals surface area contributed by atoms with Gasteiger partial charge in [-0.25, -0.2) is 0 Å². The molecule has 9 rings (SSSR count). The van der Waals surface area contributed by atoms with Crippen LogP contribution in [-0.4, -0.2) is 0 Å². The predicted molar refractivity (Wildman–Crippen MR) is 234 cm³/mol. The minimum atomic E-state index is 1.08. The first-order valence-corrected chi connectivity index (χ1v) is 18.8. The van der Waals surface area contributed by atoms with Crippen LogP contribution in [0.5, 0.6) is 0 Å². The second-order valence-corrected chi connectivity index (χ2v) is 13.8. The fourth-order valence-corrected chi connectivity index (χ4v) is 7.51. The van der Waals surface area contributed by atoms with Crippen LogP contribution in [-0.2, 0) is 0 Å². The molecule has 0 aliphatic carbocycles. The fraction of sp³-hybridized carbons (Fsp3) is 0. The molecule has 0 atom stereocenters. The lowest BCUT2D eigenvalue weighted by molar-refractivity contribution is 1.28. The van der Waals surface area contributed by atoms with E-state index in [0.29, 0.717) is 0 Å². The van der Waals surface area contributed by atoms with Gasteiger partial charge < -0.3 is 4.90 Å². The zero-order chi connectivity index (χ0) is 36.8. The summed E-state index contributed by atoms with van der Waals surface area (Å²) in [6.07, 6.45) is 0. The lowest BCUT2D eigenvalue weighted by Gasteiger charge is -2.28. The molecule has 9 aromatic rings. The molecule has 0 unspecified atom stereocenters. The smallest absolute Gasteiger partial charge is 0.0473 e. The number of nitrogens with zero attached hydrogens (tertiary/aromatic N) is 1. The summed E-state index contributed by atoms with van der Waals surface area (Å²) in [5, 5.41) is 0. The van der Waals surface area contributed by atoms with Crippen LogP contribution in [0.3, 0.4) is 0 Å². The van der Waals surface area contributed by atoms with Crippen LogP contribution in [0.2, 0.25) is 0 Å². The van der Waals surface area contributed by atoms with E-state index in [2.05, 4.69) is 241 Å². The highest BCUT2D eigenvalue weighted by molar-refractivity contribution is 5.90. The molecule has 0 radical (unpaired) electrons. The van der Waals surface area contributed by atoms with Crippen molar-refractivity contribution in [3.05, 3.63) is 237 Å². The SMILES string of the molecule is c1ccc(-c2cc(-c3ccccc3)cc(N(c3ccc(-c4ccccc4-c4ccccc4)cc3)c3cc(-c4ccccc4)cc(-c4ccccc4)c3)c2)cc1. The molecule has 0 amide bonds. The molecule has 0 aliphatic heterocycles. The minimum absolute atomic E-state index is 1.08. The first-order valence-electron chi connectivity index (χ1n) is 18.8. The number of anilines is 3. The maximum absolute atomic E-state index is 2.42. The molecule has 0 spiro atoms. The maximum Gasteiger partial charge on any atom is 0.0473 e. The Balaban J connectivity index is 1.27. The van der Waals surface area contributed by atoms with Crippen LogP contribution in [0.15, 0.2) is 237 Å². The molecule has 0 heterocycles. The molecule has 9 aromatic carbocycles. The van der Waals surface area contributed by atoms with Crippen LogP contribution in [0.1, 0.15) is 0 Å². The van der Waals surface area contributed by atoms with Crippen molar-refractivity contribution in [1.29, 1.82) is 0 Å². The zero-order valence-corrected chi connectivity index (χ0v) is 30.5. The van der Waals surface area contributed by atoms with E-state index in [1.807, 2.05) is 0 Å². The van der Waals surface area contributed by atoms with Gasteiger partial charge >= 0.3 is 0 Å². The van der Waals surface area contributed by atoms with E-state index >= 15 is 0 Å². The second kappa shape index (κ2) is 15.4. The molecular formula is C54H39N. The van der Waals surface area contributed by atoms with Gasteiger partial charge in [0.05, 0.1) is 0 Å². The number of rotatable bonds is 9. The molecule has 0 bridgehead atoms. The first kappa shape index (κ1) is 33.6. The Morgan fingerprint density at radius 3 is 0.782 bits per heavy atom. The van der Waals surface area contributed by atoms with E-state index in [9.17, 15) is 0 Å². The quantitative estimate of drug-likeness (QED) is 0.145. The van der Waals surface area contributed by atoms with Gasteiger partial charge in [0.25, 0.3) is 0 Å². The largest absolute Gasteiger partial charge is 0.310 e. The van der Waals surface area contributed by atoms with Crippen molar-refractivity contribution < 1.29 is 0 Å². The summed E-state index contributed by atoms with van der Waals surface area (Å²) in [5.74, 6) is 0. The number of hydrogen-bond donors (Lipinski definition) is 0. The number of benzene rings is 9. The predicted octanol–water partition coefficient (Wildman–Crippen LogP) is 15.2. The van der Waals surface area contributed by atoms with Crippen molar-refractivity contribution >= 4 is 17.1 Å². The molecule has 1 nitrogen and oxygen atoms in total. The lowest BCUT2D eigenvalue weighted by atomic mass is 9.94. The molecule has 0 saturated heterocycles. The van der Waals surface area contributed by atoms with E-state index in [0.717, 1.165) is 39.3 Å². The van der Waals surface area contributed by atoms with Gasteiger partial charge in [-0.3, -0.25) is 0 Å². The topological polar surface area (TPSA) is 3.24 Å². The third-order valence-corrected chi connectivity index (χ3v) is 10.2. The Bertz CT molecular complexity index is 2410. The second-order valence-electron chi connectivity index (χ2n) is 13.8. The lowest BCUT2D eigenvalue weighted by Crippen LogP contribution is -2.11. The summed E-state index contributed by atoms with van der Waals surface area (Å²) < 4.78 is 0. The summed E-state index contributed by atoms with van der Waals surface area (Å²) in [6.45, 7) is 0. The normalized spacial score (nSPS) is 10.9. The van der Waals surface area contributed by atoms with Crippen LogP contribution in [0.25, 0.3) is 66.8 Å². The van der Waals surface area contributed by atoms with Crippen molar-refractivity contribution in [3.63, 3.8) is 0 Å². The van der Waals surface area contributed by atoms with Crippen molar-refractivity contribution in [2.24, 2.45) is 0 Å². The fourth-order valence-electron chi connectivity index (χ4n) is 7.51. The molecule has 1 heteroatoms. The highest BCUT2D eigenvalue weighted by atomic mass is 15.1. The van der Waals surface area contributed by atoms with Crippen molar-refractivity contribution in [3.8, 4) is 66.8 Å². The van der Waals surface area contributed by atoms with E-state index in [1.54, 1.807) is 0 Å². The van der Waals surface area contributed by atoms with Crippen molar-refractivity contribution in [2.45, 2.75) is 0 Å². The highest BCUT2D eigenvalue weighted by Crippen LogP contribution is 2.43. The van der Waals surface area contributed by atoms with Gasteiger partial charge in [0, 0.05) is 17.1 Å².